The summed E-state index contributed by atoms with van der Waals surface area (Å²) in [6, 6.07) is 0. The number of aliphatic carboxylic acids is 6. The molecule has 0 unspecified atom stereocenters. The van der Waals surface area contributed by atoms with E-state index in [-0.39, 0.29) is 12.8 Å². The number of nitrogens with two attached hydrogens (primary N) is 1. The van der Waals surface area contributed by atoms with Crippen molar-refractivity contribution in [3.05, 3.63) is 0 Å². The molecule has 45 heavy (non-hydrogen) atoms. The van der Waals surface area contributed by atoms with Gasteiger partial charge in [-0.05, 0) is 0 Å². The van der Waals surface area contributed by atoms with E-state index in [2.05, 4.69) is 5.43 Å². The molecule has 17 N–H and O–H groups in total. The summed E-state index contributed by atoms with van der Waals surface area (Å²) in [5, 5.41) is 114. The van der Waals surface area contributed by atoms with Crippen LogP contribution in [0.5, 0.6) is 0 Å². The lowest BCUT2D eigenvalue weighted by Crippen LogP contribution is -2.46. The second-order valence-corrected chi connectivity index (χ2v) is 7.20. The molecule has 0 saturated heterocycles. The quantitative estimate of drug-likeness (QED) is 0.0614. The van der Waals surface area contributed by atoms with Crippen LogP contribution in [0.2, 0.25) is 0 Å². The number of carbonyl (C=O) groups excluding carboxylic acids is 1. The number of carbonyl (C=O) groups is 7. The molecule has 0 bridgehead atoms. The van der Waals surface area contributed by atoms with Crippen molar-refractivity contribution in [1.29, 1.82) is 0 Å². The fraction of sp³-hybridized carbons (Fsp3) is 0.682. The van der Waals surface area contributed by atoms with Crippen LogP contribution in [0.4, 0.5) is 0 Å². The van der Waals surface area contributed by atoms with Gasteiger partial charge < -0.3 is 76.3 Å². The van der Waals surface area contributed by atoms with Gasteiger partial charge in [0.05, 0.1) is 19.3 Å². The minimum Gasteiger partial charge on any atom is -0.481 e. The van der Waals surface area contributed by atoms with Crippen LogP contribution in [0.25, 0.3) is 0 Å². The Kier molecular flexibility index (Phi) is 59.7. The number of carboxylic acids is 6. The number of nitrogens with one attached hydrogen (secondary N) is 1. The molecular weight excluding hydrogens is 628 g/mol. The first-order valence-electron chi connectivity index (χ1n) is 11.5. The van der Waals surface area contributed by atoms with Gasteiger partial charge in [0.1, 0.15) is 30.5 Å². The first kappa shape index (κ1) is 60.3. The maximum atomic E-state index is 9.76. The van der Waals surface area contributed by atoms with Crippen molar-refractivity contribution in [2.24, 2.45) is 5.84 Å². The van der Waals surface area contributed by atoms with Gasteiger partial charge in [0.15, 0.2) is 6.29 Å². The third-order valence-electron chi connectivity index (χ3n) is 2.37. The Bertz CT molecular complexity index is 635. The van der Waals surface area contributed by atoms with Crippen LogP contribution in [0.3, 0.4) is 0 Å². The van der Waals surface area contributed by atoms with E-state index in [9.17, 15) is 4.79 Å². The van der Waals surface area contributed by atoms with E-state index in [0.29, 0.717) is 0 Å². The highest BCUT2D eigenvalue weighted by atomic mass is 16.4. The van der Waals surface area contributed by atoms with Crippen molar-refractivity contribution in [2.75, 3.05) is 19.8 Å². The van der Waals surface area contributed by atoms with Crippen molar-refractivity contribution < 1.29 is 105 Å². The van der Waals surface area contributed by atoms with Gasteiger partial charge in [-0.1, -0.05) is 0 Å². The number of aliphatic hydroxyl groups excluding tert-OH is 8. The zero-order chi connectivity index (χ0) is 38.5. The lowest BCUT2D eigenvalue weighted by molar-refractivity contribution is -0.135. The molecule has 0 aliphatic heterocycles. The molecule has 0 heterocycles. The average Bonchev–Trinajstić information content (AvgIpc) is 2.84. The first-order chi connectivity index (χ1) is 20.2. The monoisotopic (exact) mass is 676 g/mol. The summed E-state index contributed by atoms with van der Waals surface area (Å²) in [6.45, 7) is 5.17. The predicted molar refractivity (Wildman–Crippen MR) is 148 cm³/mol. The van der Waals surface area contributed by atoms with Gasteiger partial charge >= 0.3 is 0 Å². The molecule has 23 heteroatoms. The molecule has 0 saturated carbocycles. The van der Waals surface area contributed by atoms with Gasteiger partial charge in [-0.25, -0.2) is 0 Å². The van der Waals surface area contributed by atoms with E-state index in [4.69, 9.17) is 106 Å². The number of hydrogen-bond acceptors (Lipinski definition) is 17. The van der Waals surface area contributed by atoms with Gasteiger partial charge in [-0.15, -0.1) is 0 Å². The molecule has 0 aliphatic carbocycles. The molecule has 0 aromatic heterocycles. The molecule has 6 atom stereocenters. The van der Waals surface area contributed by atoms with Gasteiger partial charge in [-0.2, -0.15) is 0 Å². The van der Waals surface area contributed by atoms with Gasteiger partial charge in [0.2, 0.25) is 0 Å². The van der Waals surface area contributed by atoms with Crippen molar-refractivity contribution >= 4 is 42.1 Å². The van der Waals surface area contributed by atoms with Crippen LogP contribution in [-0.2, 0) is 33.6 Å². The topological polar surface area (TPSA) is 441 Å². The highest BCUT2D eigenvalue weighted by Gasteiger charge is 2.23. The zero-order valence-corrected chi connectivity index (χ0v) is 25.4. The highest BCUT2D eigenvalue weighted by molar-refractivity contribution is 5.64. The standard InChI is InChI=1S/C5H14N2O4.C5H10O5.6C2H4O2/c6-7-1-3(9)5(11)4(10)2-8;6-1-3(8)5(10)4(9)2-7;6*1-2(3)4/h3-5,7-11H,1-2,6H2;1,3-5,7-10H,2H2;6*1H3,(H,3,4)/t2*3-,4+,5+;;;;;;/m00....../s1. The number of aliphatic hydroxyl groups is 8. The van der Waals surface area contributed by atoms with Gasteiger partial charge in [0.25, 0.3) is 35.8 Å². The molecule has 0 rings (SSSR count). The predicted octanol–water partition coefficient (Wildman–Crippen LogP) is -5.67. The third-order valence-corrected chi connectivity index (χ3v) is 2.37. The SMILES string of the molecule is CC(=O)O.CC(=O)O.CC(=O)O.CC(=O)O.CC(=O)O.CC(=O)O.NNC[C@H](O)[C@@H](O)[C@H](O)CO.O=C[C@H](O)[C@@H](O)[C@H](O)CO. The summed E-state index contributed by atoms with van der Waals surface area (Å²) < 4.78 is 0. The van der Waals surface area contributed by atoms with Crippen molar-refractivity contribution in [1.82, 2.24) is 5.43 Å². The number of aldehydes is 1. The molecule has 272 valence electrons. The normalized spacial score (nSPS) is 12.4. The minimum absolute atomic E-state index is 0.0434. The minimum atomic E-state index is -1.64. The molecule has 0 aromatic carbocycles. The Balaban J connectivity index is -0.0000000611. The van der Waals surface area contributed by atoms with E-state index in [1.165, 1.54) is 0 Å². The molecule has 0 aromatic rings. The third kappa shape index (κ3) is 131. The molecule has 0 radical (unpaired) electrons. The molecule has 0 fully saturated rings. The fourth-order valence-corrected chi connectivity index (χ4v) is 1.02. The smallest absolute Gasteiger partial charge is 0.300 e. The molecular formula is C22H48N2O21. The summed E-state index contributed by atoms with van der Waals surface area (Å²) >= 11 is 0. The van der Waals surface area contributed by atoms with Crippen LogP contribution < -0.4 is 11.3 Å². The molecule has 23 nitrogen and oxygen atoms in total. The largest absolute Gasteiger partial charge is 0.481 e. The second-order valence-electron chi connectivity index (χ2n) is 7.20. The highest BCUT2D eigenvalue weighted by Crippen LogP contribution is 1.98. The zero-order valence-electron chi connectivity index (χ0n) is 25.4. The number of carboxylic acid groups (broad SMARTS) is 6. The Morgan fingerprint density at radius 3 is 0.889 bits per heavy atom. The van der Waals surface area contributed by atoms with Gasteiger partial charge in [0, 0.05) is 48.1 Å². The summed E-state index contributed by atoms with van der Waals surface area (Å²) in [5.41, 5.74) is 2.12. The Morgan fingerprint density at radius 2 is 0.733 bits per heavy atom. The van der Waals surface area contributed by atoms with E-state index in [0.717, 1.165) is 41.5 Å². The average molecular weight is 677 g/mol. The van der Waals surface area contributed by atoms with E-state index >= 15 is 0 Å². The fourth-order valence-electron chi connectivity index (χ4n) is 1.02. The van der Waals surface area contributed by atoms with E-state index < -0.39 is 85.7 Å². The van der Waals surface area contributed by atoms with Gasteiger partial charge in [-0.3, -0.25) is 40.0 Å². The summed E-state index contributed by atoms with van der Waals surface area (Å²) in [5.74, 6) is -0.156. The second kappa shape index (κ2) is 44.5. The maximum Gasteiger partial charge on any atom is 0.300 e. The van der Waals surface area contributed by atoms with Crippen LogP contribution >= 0.6 is 0 Å². The number of rotatable bonds is 9. The van der Waals surface area contributed by atoms with Crippen LogP contribution in [-0.4, -0.2) is 170 Å². The maximum absolute atomic E-state index is 9.76. The molecule has 0 amide bonds. The van der Waals surface area contributed by atoms with Crippen LogP contribution in [0.15, 0.2) is 0 Å². The Hall–Kier alpha value is -3.91. The summed E-state index contributed by atoms with van der Waals surface area (Å²) in [6.07, 6.45) is -8.52. The van der Waals surface area contributed by atoms with Crippen molar-refractivity contribution in [3.63, 3.8) is 0 Å². The summed E-state index contributed by atoms with van der Waals surface area (Å²) in [7, 11) is 0. The van der Waals surface area contributed by atoms with Crippen molar-refractivity contribution in [3.8, 4) is 0 Å². The number of hydrazine groups is 1. The van der Waals surface area contributed by atoms with E-state index in [1.54, 1.807) is 0 Å². The van der Waals surface area contributed by atoms with Crippen LogP contribution in [0.1, 0.15) is 41.5 Å². The summed E-state index contributed by atoms with van der Waals surface area (Å²) in [4.78, 5) is 63.8. The Labute approximate surface area is 257 Å². The molecule has 0 aliphatic rings. The lowest BCUT2D eigenvalue weighted by atomic mass is 10.1. The Morgan fingerprint density at radius 1 is 0.533 bits per heavy atom. The number of hydrogen-bond donors (Lipinski definition) is 16. The van der Waals surface area contributed by atoms with E-state index in [1.807, 2.05) is 0 Å². The van der Waals surface area contributed by atoms with Crippen molar-refractivity contribution in [2.45, 2.75) is 78.2 Å². The lowest BCUT2D eigenvalue weighted by Gasteiger charge is -2.20. The molecule has 0 spiro atoms. The van der Waals surface area contributed by atoms with Crippen LogP contribution in [0, 0.1) is 0 Å². The first-order valence-corrected chi connectivity index (χ1v) is 11.5.